The van der Waals surface area contributed by atoms with Gasteiger partial charge in [0, 0.05) is 25.3 Å². The van der Waals surface area contributed by atoms with Gasteiger partial charge in [0.15, 0.2) is 0 Å². The molecular weight excluding hydrogens is 270 g/mol. The molecule has 2 rings (SSSR count). The number of carboxylic acids is 1. The first-order valence-corrected chi connectivity index (χ1v) is 6.79. The first-order chi connectivity index (χ1) is 10.0. The zero-order valence-corrected chi connectivity index (χ0v) is 11.8. The Morgan fingerprint density at radius 3 is 2.43 bits per heavy atom. The molecule has 0 heterocycles. The van der Waals surface area contributed by atoms with E-state index in [-0.39, 0.29) is 25.0 Å². The number of carboxylic acid groups (broad SMARTS) is 1. The van der Waals surface area contributed by atoms with Gasteiger partial charge < -0.3 is 10.0 Å². The summed E-state index contributed by atoms with van der Waals surface area (Å²) in [5.74, 6) is -0.908. The molecule has 1 aliphatic rings. The maximum Gasteiger partial charge on any atom is 0.324 e. The van der Waals surface area contributed by atoms with E-state index in [9.17, 15) is 9.59 Å². The van der Waals surface area contributed by atoms with Gasteiger partial charge in [0.2, 0.25) is 0 Å². The van der Waals surface area contributed by atoms with Crippen molar-refractivity contribution in [1.29, 1.82) is 5.26 Å². The van der Waals surface area contributed by atoms with Crippen LogP contribution in [0.25, 0.3) is 0 Å². The normalized spacial score (nSPS) is 13.3. The van der Waals surface area contributed by atoms with Crippen LogP contribution in [0, 0.1) is 11.3 Å². The molecule has 1 saturated carbocycles. The summed E-state index contributed by atoms with van der Waals surface area (Å²) < 4.78 is 0. The number of carbonyl (C=O) groups excluding carboxylic acids is 1. The van der Waals surface area contributed by atoms with Crippen LogP contribution in [-0.4, -0.2) is 41.6 Å². The van der Waals surface area contributed by atoms with E-state index < -0.39 is 5.97 Å². The highest BCUT2D eigenvalue weighted by atomic mass is 16.4. The predicted octanol–water partition coefficient (Wildman–Crippen LogP) is 2.05. The standard InChI is InChI=1S/C15H17N3O3/c1-17(12-4-2-11(10-16)3-5-12)15(21)18(13-6-7-13)9-8-14(19)20/h2-5,13H,6-9H2,1H3,(H,19,20). The lowest BCUT2D eigenvalue weighted by Gasteiger charge is -2.28. The summed E-state index contributed by atoms with van der Waals surface area (Å²) in [5.41, 5.74) is 1.21. The Morgan fingerprint density at radius 1 is 1.33 bits per heavy atom. The Hall–Kier alpha value is -2.55. The van der Waals surface area contributed by atoms with Gasteiger partial charge in [-0.05, 0) is 37.1 Å². The molecule has 1 aromatic rings. The fraction of sp³-hybridized carbons (Fsp3) is 0.400. The minimum Gasteiger partial charge on any atom is -0.481 e. The van der Waals surface area contributed by atoms with Crippen molar-refractivity contribution < 1.29 is 14.7 Å². The van der Waals surface area contributed by atoms with E-state index in [0.29, 0.717) is 11.3 Å². The lowest BCUT2D eigenvalue weighted by molar-refractivity contribution is -0.137. The molecule has 0 bridgehead atoms. The van der Waals surface area contributed by atoms with Gasteiger partial charge in [0.1, 0.15) is 0 Å². The number of amides is 2. The van der Waals surface area contributed by atoms with Gasteiger partial charge in [0.25, 0.3) is 0 Å². The van der Waals surface area contributed by atoms with E-state index in [4.69, 9.17) is 10.4 Å². The molecule has 6 heteroatoms. The van der Waals surface area contributed by atoms with Crippen LogP contribution in [0.1, 0.15) is 24.8 Å². The molecule has 2 amide bonds. The number of nitriles is 1. The van der Waals surface area contributed by atoms with Crippen molar-refractivity contribution in [1.82, 2.24) is 4.90 Å². The summed E-state index contributed by atoms with van der Waals surface area (Å²) >= 11 is 0. The van der Waals surface area contributed by atoms with Crippen LogP contribution in [0.5, 0.6) is 0 Å². The van der Waals surface area contributed by atoms with E-state index >= 15 is 0 Å². The highest BCUT2D eigenvalue weighted by Crippen LogP contribution is 2.28. The maximum atomic E-state index is 12.5. The Bertz CT molecular complexity index is 573. The van der Waals surface area contributed by atoms with E-state index in [1.807, 2.05) is 6.07 Å². The third-order valence-electron chi connectivity index (χ3n) is 3.47. The van der Waals surface area contributed by atoms with E-state index in [2.05, 4.69) is 0 Å². The highest BCUT2D eigenvalue weighted by molar-refractivity contribution is 5.92. The first kappa shape index (κ1) is 14.9. The second kappa shape index (κ2) is 6.27. The molecule has 1 aliphatic carbocycles. The summed E-state index contributed by atoms with van der Waals surface area (Å²) in [4.78, 5) is 26.3. The largest absolute Gasteiger partial charge is 0.481 e. The molecule has 21 heavy (non-hydrogen) atoms. The van der Waals surface area contributed by atoms with Gasteiger partial charge in [-0.25, -0.2) is 4.79 Å². The van der Waals surface area contributed by atoms with Crippen LogP contribution in [0.4, 0.5) is 10.5 Å². The number of rotatable bonds is 5. The van der Waals surface area contributed by atoms with Crippen molar-refractivity contribution >= 4 is 17.7 Å². The zero-order chi connectivity index (χ0) is 15.4. The molecule has 0 aromatic heterocycles. The third kappa shape index (κ3) is 3.72. The first-order valence-electron chi connectivity index (χ1n) is 6.79. The molecule has 110 valence electrons. The lowest BCUT2D eigenvalue weighted by Crippen LogP contribution is -2.43. The molecule has 0 aliphatic heterocycles. The second-order valence-corrected chi connectivity index (χ2v) is 5.07. The Morgan fingerprint density at radius 2 is 1.95 bits per heavy atom. The molecule has 0 saturated heterocycles. The van der Waals surface area contributed by atoms with Crippen LogP contribution in [0.2, 0.25) is 0 Å². The predicted molar refractivity (Wildman–Crippen MR) is 76.9 cm³/mol. The van der Waals surface area contributed by atoms with Gasteiger partial charge in [-0.3, -0.25) is 9.69 Å². The number of nitrogens with zero attached hydrogens (tertiary/aromatic N) is 3. The van der Waals surface area contributed by atoms with Gasteiger partial charge in [-0.1, -0.05) is 0 Å². The Kier molecular flexibility index (Phi) is 4.43. The van der Waals surface area contributed by atoms with Gasteiger partial charge in [-0.2, -0.15) is 5.26 Å². The fourth-order valence-corrected chi connectivity index (χ4v) is 2.10. The van der Waals surface area contributed by atoms with Crippen LogP contribution >= 0.6 is 0 Å². The van der Waals surface area contributed by atoms with Gasteiger partial charge in [0.05, 0.1) is 18.1 Å². The summed E-state index contributed by atoms with van der Waals surface area (Å²) in [6.07, 6.45) is 1.79. The third-order valence-corrected chi connectivity index (χ3v) is 3.47. The second-order valence-electron chi connectivity index (χ2n) is 5.07. The number of hydrogen-bond donors (Lipinski definition) is 1. The minimum atomic E-state index is -0.908. The Labute approximate surface area is 123 Å². The number of urea groups is 1. The molecule has 1 fully saturated rings. The topological polar surface area (TPSA) is 84.6 Å². The van der Waals surface area contributed by atoms with Crippen molar-refractivity contribution in [2.24, 2.45) is 0 Å². The number of aliphatic carboxylic acids is 1. The summed E-state index contributed by atoms with van der Waals surface area (Å²) in [6, 6.07) is 8.69. The molecular formula is C15H17N3O3. The summed E-state index contributed by atoms with van der Waals surface area (Å²) in [6.45, 7) is 0.222. The zero-order valence-electron chi connectivity index (χ0n) is 11.8. The number of hydrogen-bond acceptors (Lipinski definition) is 3. The molecule has 0 spiro atoms. The number of carbonyl (C=O) groups is 2. The van der Waals surface area contributed by atoms with Crippen molar-refractivity contribution in [3.63, 3.8) is 0 Å². The van der Waals surface area contributed by atoms with Gasteiger partial charge in [-0.15, -0.1) is 0 Å². The van der Waals surface area contributed by atoms with Crippen molar-refractivity contribution in [2.45, 2.75) is 25.3 Å². The monoisotopic (exact) mass is 287 g/mol. The fourth-order valence-electron chi connectivity index (χ4n) is 2.10. The smallest absolute Gasteiger partial charge is 0.324 e. The number of anilines is 1. The SMILES string of the molecule is CN(C(=O)N(CCC(=O)O)C1CC1)c1ccc(C#N)cc1. The van der Waals surface area contributed by atoms with E-state index in [0.717, 1.165) is 12.8 Å². The van der Waals surface area contributed by atoms with Crippen molar-refractivity contribution in [3.05, 3.63) is 29.8 Å². The number of benzene rings is 1. The molecule has 0 unspecified atom stereocenters. The Balaban J connectivity index is 2.07. The minimum absolute atomic E-state index is 0.0521. The summed E-state index contributed by atoms with van der Waals surface area (Å²) in [5, 5.41) is 17.6. The summed E-state index contributed by atoms with van der Waals surface area (Å²) in [7, 11) is 1.65. The van der Waals surface area contributed by atoms with Gasteiger partial charge >= 0.3 is 12.0 Å². The van der Waals surface area contributed by atoms with Crippen LogP contribution in [-0.2, 0) is 4.79 Å². The molecule has 1 N–H and O–H groups in total. The average Bonchev–Trinajstić information content (AvgIpc) is 3.31. The van der Waals surface area contributed by atoms with Crippen LogP contribution < -0.4 is 4.90 Å². The van der Waals surface area contributed by atoms with Crippen LogP contribution in [0.3, 0.4) is 0 Å². The quantitative estimate of drug-likeness (QED) is 0.898. The highest BCUT2D eigenvalue weighted by Gasteiger charge is 2.34. The maximum absolute atomic E-state index is 12.5. The average molecular weight is 287 g/mol. The van der Waals surface area contributed by atoms with E-state index in [1.165, 1.54) is 4.90 Å². The van der Waals surface area contributed by atoms with Crippen LogP contribution in [0.15, 0.2) is 24.3 Å². The van der Waals surface area contributed by atoms with E-state index in [1.54, 1.807) is 36.2 Å². The molecule has 1 aromatic carbocycles. The molecule has 6 nitrogen and oxygen atoms in total. The molecule has 0 atom stereocenters. The lowest BCUT2D eigenvalue weighted by atomic mass is 10.2. The van der Waals surface area contributed by atoms with Crippen molar-refractivity contribution in [3.8, 4) is 6.07 Å². The molecule has 0 radical (unpaired) electrons. The van der Waals surface area contributed by atoms with Crippen molar-refractivity contribution in [2.75, 3.05) is 18.5 Å².